The largest absolute Gasteiger partial charge is 0.459 e. The Labute approximate surface area is 199 Å². The summed E-state index contributed by atoms with van der Waals surface area (Å²) in [5, 5.41) is 7.67. The number of carbonyl (C=O) groups excluding carboxylic acids is 2. The summed E-state index contributed by atoms with van der Waals surface area (Å²) in [5.74, 6) is 0.436. The molecule has 0 radical (unpaired) electrons. The van der Waals surface area contributed by atoms with Gasteiger partial charge in [-0.1, -0.05) is 23.2 Å². The molecule has 9 heteroatoms. The highest BCUT2D eigenvalue weighted by Crippen LogP contribution is 2.25. The molecule has 2 aromatic heterocycles. The molecule has 1 aliphatic rings. The van der Waals surface area contributed by atoms with Gasteiger partial charge in [-0.15, -0.1) is 0 Å². The second kappa shape index (κ2) is 9.09. The minimum Gasteiger partial charge on any atom is -0.459 e. The zero-order valence-corrected chi connectivity index (χ0v) is 19.1. The number of hydrazine groups is 1. The monoisotopic (exact) mass is 485 g/mol. The normalized spacial score (nSPS) is 15.2. The third kappa shape index (κ3) is 4.85. The molecule has 33 heavy (non-hydrogen) atoms. The van der Waals surface area contributed by atoms with Crippen molar-refractivity contribution in [2.45, 2.75) is 19.4 Å². The first-order chi connectivity index (χ1) is 15.9. The standard InChI is InChI=1S/C24H21Cl2N3O4/c25-17-1-3-20-15(9-17)11-19(32-20)13-27-23(30)14-5-7-29(8-6-14)28-24(31)22-12-16-10-18(26)2-4-21(16)33-22/h1-4,9-12,14H,5-8,13H2,(H,27,30)(H,28,31). The maximum Gasteiger partial charge on any atom is 0.301 e. The van der Waals surface area contributed by atoms with E-state index in [1.807, 2.05) is 23.2 Å². The Morgan fingerprint density at radius 3 is 2.24 bits per heavy atom. The zero-order chi connectivity index (χ0) is 22.9. The molecular formula is C24H21Cl2N3O4. The predicted octanol–water partition coefficient (Wildman–Crippen LogP) is 5.16. The Bertz CT molecular complexity index is 1340. The lowest BCUT2D eigenvalue weighted by molar-refractivity contribution is -0.126. The van der Waals surface area contributed by atoms with Crippen molar-refractivity contribution in [3.05, 3.63) is 70.1 Å². The summed E-state index contributed by atoms with van der Waals surface area (Å²) in [6.45, 7) is 1.45. The summed E-state index contributed by atoms with van der Waals surface area (Å²) in [5.41, 5.74) is 4.20. The molecule has 0 saturated carbocycles. The van der Waals surface area contributed by atoms with Crippen LogP contribution in [0.1, 0.15) is 29.2 Å². The molecule has 2 aromatic carbocycles. The van der Waals surface area contributed by atoms with Crippen molar-refractivity contribution in [1.82, 2.24) is 15.8 Å². The number of benzene rings is 2. The summed E-state index contributed by atoms with van der Waals surface area (Å²) in [7, 11) is 0. The van der Waals surface area contributed by atoms with Crippen molar-refractivity contribution in [1.29, 1.82) is 0 Å². The molecular weight excluding hydrogens is 465 g/mol. The van der Waals surface area contributed by atoms with E-state index in [4.69, 9.17) is 32.0 Å². The fourth-order valence-corrected chi connectivity index (χ4v) is 4.41. The van der Waals surface area contributed by atoms with Crippen LogP contribution in [0.5, 0.6) is 0 Å². The van der Waals surface area contributed by atoms with E-state index >= 15 is 0 Å². The van der Waals surface area contributed by atoms with Crippen LogP contribution in [0.25, 0.3) is 21.9 Å². The van der Waals surface area contributed by atoms with Crippen LogP contribution in [0.3, 0.4) is 0 Å². The fourth-order valence-electron chi connectivity index (χ4n) is 4.05. The SMILES string of the molecule is O=C(NN1CCC(C(=O)NCc2cc3cc(Cl)ccc3o2)CC1)c1cc2cc(Cl)ccc2o1. The maximum atomic E-state index is 12.6. The molecule has 4 aromatic rings. The van der Waals surface area contributed by atoms with Gasteiger partial charge < -0.3 is 14.2 Å². The topological polar surface area (TPSA) is 87.7 Å². The molecule has 5 rings (SSSR count). The van der Waals surface area contributed by atoms with Crippen LogP contribution in [0.2, 0.25) is 10.0 Å². The maximum absolute atomic E-state index is 12.6. The average molecular weight is 486 g/mol. The molecule has 0 aliphatic carbocycles. The van der Waals surface area contributed by atoms with Crippen LogP contribution in [-0.2, 0) is 11.3 Å². The molecule has 3 heterocycles. The summed E-state index contributed by atoms with van der Waals surface area (Å²) in [6, 6.07) is 14.2. The van der Waals surface area contributed by atoms with Gasteiger partial charge in [0.05, 0.1) is 6.54 Å². The lowest BCUT2D eigenvalue weighted by atomic mass is 9.97. The molecule has 0 atom stereocenters. The molecule has 1 fully saturated rings. The smallest absolute Gasteiger partial charge is 0.301 e. The van der Waals surface area contributed by atoms with Crippen LogP contribution in [-0.4, -0.2) is 29.9 Å². The van der Waals surface area contributed by atoms with Gasteiger partial charge in [0.1, 0.15) is 16.9 Å². The van der Waals surface area contributed by atoms with E-state index in [1.54, 1.807) is 30.3 Å². The Hall–Kier alpha value is -3.00. The number of nitrogens with zero attached hydrogens (tertiary/aromatic N) is 1. The number of amides is 2. The van der Waals surface area contributed by atoms with Crippen molar-refractivity contribution >= 4 is 57.0 Å². The number of carbonyl (C=O) groups is 2. The number of nitrogens with one attached hydrogen (secondary N) is 2. The number of furan rings is 2. The van der Waals surface area contributed by atoms with Gasteiger partial charge in [0.2, 0.25) is 5.91 Å². The number of fused-ring (bicyclic) bond motifs is 2. The molecule has 2 N–H and O–H groups in total. The van der Waals surface area contributed by atoms with Crippen molar-refractivity contribution in [3.63, 3.8) is 0 Å². The van der Waals surface area contributed by atoms with E-state index in [1.165, 1.54) is 0 Å². The summed E-state index contributed by atoms with van der Waals surface area (Å²) < 4.78 is 11.4. The number of hydrogen-bond acceptors (Lipinski definition) is 5. The quantitative estimate of drug-likeness (QED) is 0.407. The van der Waals surface area contributed by atoms with Gasteiger partial charge in [0, 0.05) is 39.8 Å². The van der Waals surface area contributed by atoms with E-state index < -0.39 is 0 Å². The lowest BCUT2D eigenvalue weighted by Crippen LogP contribution is -2.48. The van der Waals surface area contributed by atoms with Crippen molar-refractivity contribution in [3.8, 4) is 0 Å². The first-order valence-electron chi connectivity index (χ1n) is 10.7. The van der Waals surface area contributed by atoms with Crippen LogP contribution >= 0.6 is 23.2 Å². The summed E-state index contributed by atoms with van der Waals surface area (Å²) in [4.78, 5) is 25.2. The molecule has 0 unspecified atom stereocenters. The zero-order valence-electron chi connectivity index (χ0n) is 17.6. The molecule has 2 amide bonds. The number of rotatable bonds is 5. The highest BCUT2D eigenvalue weighted by Gasteiger charge is 2.26. The van der Waals surface area contributed by atoms with Gasteiger partial charge in [0.15, 0.2) is 5.76 Å². The van der Waals surface area contributed by atoms with E-state index in [-0.39, 0.29) is 23.5 Å². The van der Waals surface area contributed by atoms with Crippen LogP contribution in [0.4, 0.5) is 0 Å². The van der Waals surface area contributed by atoms with Crippen LogP contribution in [0, 0.1) is 5.92 Å². The first kappa shape index (κ1) is 21.8. The fraction of sp³-hybridized carbons (Fsp3) is 0.250. The molecule has 1 saturated heterocycles. The van der Waals surface area contributed by atoms with Crippen molar-refractivity contribution in [2.24, 2.45) is 5.92 Å². The second-order valence-corrected chi connectivity index (χ2v) is 8.98. The molecule has 0 spiro atoms. The van der Waals surface area contributed by atoms with Gasteiger partial charge in [-0.25, -0.2) is 5.01 Å². The van der Waals surface area contributed by atoms with Crippen molar-refractivity contribution < 1.29 is 18.4 Å². The Morgan fingerprint density at radius 2 is 1.55 bits per heavy atom. The Balaban J connectivity index is 1.11. The molecule has 170 valence electrons. The summed E-state index contributed by atoms with van der Waals surface area (Å²) >= 11 is 12.0. The predicted molar refractivity (Wildman–Crippen MR) is 126 cm³/mol. The van der Waals surface area contributed by atoms with Gasteiger partial charge >= 0.3 is 5.91 Å². The Morgan fingerprint density at radius 1 is 0.909 bits per heavy atom. The van der Waals surface area contributed by atoms with E-state index in [2.05, 4.69) is 10.7 Å². The summed E-state index contributed by atoms with van der Waals surface area (Å²) in [6.07, 6.45) is 1.27. The van der Waals surface area contributed by atoms with Gasteiger partial charge in [0.25, 0.3) is 0 Å². The Kier molecular flexibility index (Phi) is 6.01. The molecule has 7 nitrogen and oxygen atoms in total. The third-order valence-corrected chi connectivity index (χ3v) is 6.26. The first-order valence-corrected chi connectivity index (χ1v) is 11.4. The number of piperidine rings is 1. The highest BCUT2D eigenvalue weighted by atomic mass is 35.5. The van der Waals surface area contributed by atoms with Gasteiger partial charge in [-0.05, 0) is 61.4 Å². The molecule has 1 aliphatic heterocycles. The van der Waals surface area contributed by atoms with E-state index in [9.17, 15) is 9.59 Å². The van der Waals surface area contributed by atoms with E-state index in [0.29, 0.717) is 53.9 Å². The third-order valence-electron chi connectivity index (χ3n) is 5.79. The molecule has 0 bridgehead atoms. The second-order valence-electron chi connectivity index (χ2n) is 8.11. The van der Waals surface area contributed by atoms with Crippen molar-refractivity contribution in [2.75, 3.05) is 13.1 Å². The highest BCUT2D eigenvalue weighted by molar-refractivity contribution is 6.31. The number of halogens is 2. The number of hydrogen-bond donors (Lipinski definition) is 2. The van der Waals surface area contributed by atoms with Crippen LogP contribution < -0.4 is 10.7 Å². The lowest BCUT2D eigenvalue weighted by Gasteiger charge is -2.31. The average Bonchev–Trinajstić information content (AvgIpc) is 3.41. The minimum absolute atomic E-state index is 0.0198. The van der Waals surface area contributed by atoms with Gasteiger partial charge in [-0.2, -0.15) is 0 Å². The van der Waals surface area contributed by atoms with E-state index in [0.717, 1.165) is 16.4 Å². The van der Waals surface area contributed by atoms with Gasteiger partial charge in [-0.3, -0.25) is 15.0 Å². The van der Waals surface area contributed by atoms with Crippen LogP contribution in [0.15, 0.2) is 57.4 Å². The minimum atomic E-state index is -0.324.